The molecule has 0 fully saturated rings. The number of likely N-dealkylation sites (N-methyl/N-ethyl adjacent to an activating group) is 1. The number of pyridine rings is 1. The van der Waals surface area contributed by atoms with Crippen molar-refractivity contribution >= 4 is 17.5 Å². The first kappa shape index (κ1) is 21.5. The van der Waals surface area contributed by atoms with Crippen LogP contribution in [0.1, 0.15) is 58.2 Å². The Labute approximate surface area is 200 Å². The maximum atomic E-state index is 16.0. The average molecular weight is 483 g/mol. The molecule has 2 N–H and O–H groups in total. The molecule has 1 aliphatic carbocycles. The number of nitrogens with zero attached hydrogens (tertiary/aromatic N) is 4. The molecule has 0 saturated heterocycles. The summed E-state index contributed by atoms with van der Waals surface area (Å²) in [5.74, 6) is -0.491. The minimum absolute atomic E-state index is 0.0661. The summed E-state index contributed by atoms with van der Waals surface area (Å²) in [7, 11) is 0. The third-order valence-electron chi connectivity index (χ3n) is 7.10. The monoisotopic (exact) mass is 482 g/mol. The van der Waals surface area contributed by atoms with Gasteiger partial charge in [-0.1, -0.05) is 13.8 Å². The molecular weight excluding hydrogens is 459 g/mol. The Morgan fingerprint density at radius 2 is 2.06 bits per heavy atom. The molecule has 1 unspecified atom stereocenters. The molecule has 0 saturated carbocycles. The average Bonchev–Trinajstić information content (AvgIpc) is 3.24. The number of H-pyrrole nitrogens is 1. The van der Waals surface area contributed by atoms with Crippen LogP contribution >= 0.6 is 11.6 Å². The highest BCUT2D eigenvalue weighted by Crippen LogP contribution is 2.42. The van der Waals surface area contributed by atoms with Crippen molar-refractivity contribution in [1.29, 1.82) is 0 Å². The van der Waals surface area contributed by atoms with E-state index in [0.717, 1.165) is 47.6 Å². The van der Waals surface area contributed by atoms with E-state index in [9.17, 15) is 4.79 Å². The number of aromatic nitrogens is 4. The van der Waals surface area contributed by atoms with E-state index in [2.05, 4.69) is 37.1 Å². The molecule has 0 spiro atoms. The molecule has 3 aromatic heterocycles. The number of fused-ring (bicyclic) bond motifs is 6. The second kappa shape index (κ2) is 8.02. The predicted octanol–water partition coefficient (Wildman–Crippen LogP) is 3.78. The van der Waals surface area contributed by atoms with Crippen LogP contribution in [0.15, 0.2) is 6.20 Å². The molecule has 8 nitrogen and oxygen atoms in total. The number of ether oxygens (including phenoxy) is 1. The van der Waals surface area contributed by atoms with Gasteiger partial charge in [0.2, 0.25) is 11.2 Å². The third kappa shape index (κ3) is 3.29. The number of hydrogen-bond acceptors (Lipinski definition) is 6. The second-order valence-corrected chi connectivity index (χ2v) is 9.44. The van der Waals surface area contributed by atoms with Gasteiger partial charge in [-0.25, -0.2) is 14.4 Å². The molecule has 2 aliphatic heterocycles. The lowest BCUT2D eigenvalue weighted by Crippen LogP contribution is -2.34. The largest absolute Gasteiger partial charge is 0.417 e. The van der Waals surface area contributed by atoms with Gasteiger partial charge in [-0.15, -0.1) is 0 Å². The summed E-state index contributed by atoms with van der Waals surface area (Å²) in [4.78, 5) is 31.1. The summed E-state index contributed by atoms with van der Waals surface area (Å²) >= 11 is 6.15. The van der Waals surface area contributed by atoms with Gasteiger partial charge in [0.25, 0.3) is 11.8 Å². The summed E-state index contributed by atoms with van der Waals surface area (Å²) in [6, 6.07) is 0. The van der Waals surface area contributed by atoms with E-state index >= 15 is 4.39 Å². The van der Waals surface area contributed by atoms with Crippen LogP contribution < -0.4 is 10.1 Å². The van der Waals surface area contributed by atoms with Crippen LogP contribution in [0, 0.1) is 5.82 Å². The summed E-state index contributed by atoms with van der Waals surface area (Å²) < 4.78 is 21.9. The van der Waals surface area contributed by atoms with Gasteiger partial charge >= 0.3 is 0 Å². The summed E-state index contributed by atoms with van der Waals surface area (Å²) in [6.45, 7) is 7.03. The van der Waals surface area contributed by atoms with Crippen molar-refractivity contribution in [3.63, 3.8) is 0 Å². The van der Waals surface area contributed by atoms with Crippen molar-refractivity contribution in [1.82, 2.24) is 30.2 Å². The van der Waals surface area contributed by atoms with Gasteiger partial charge in [-0.2, -0.15) is 4.98 Å². The Hall–Kier alpha value is -3.04. The molecule has 5 heterocycles. The number of aryl methyl sites for hydroxylation is 1. The number of hydrogen-bond donors (Lipinski definition) is 2. The SMILES string of the molecule is CCN1CCc2nc(Cl)nc(Oc3ncc4c(c3F)-c3[nH]c5c(c3CC4)C(=O)NCC5C)c2C1. The number of rotatable bonds is 3. The standard InChI is InChI=1S/C24H24ClFN6O2/c1-3-32-7-6-15-14(10-32)22(31-24(25)29-15)34-23-18(26)16-12(9-28-23)4-5-13-17-19(30-20(13)16)11(2)8-27-21(17)33/h9,11,30H,3-8,10H2,1-2H3,(H,27,33). The van der Waals surface area contributed by atoms with Crippen molar-refractivity contribution < 1.29 is 13.9 Å². The molecule has 34 heavy (non-hydrogen) atoms. The highest BCUT2D eigenvalue weighted by atomic mass is 35.5. The van der Waals surface area contributed by atoms with Gasteiger partial charge in [-0.3, -0.25) is 9.69 Å². The van der Waals surface area contributed by atoms with Gasteiger partial charge in [0, 0.05) is 49.4 Å². The quantitative estimate of drug-likeness (QED) is 0.552. The third-order valence-corrected chi connectivity index (χ3v) is 7.27. The Kier molecular flexibility index (Phi) is 5.07. The minimum atomic E-state index is -0.572. The predicted molar refractivity (Wildman–Crippen MR) is 124 cm³/mol. The van der Waals surface area contributed by atoms with Crippen molar-refractivity contribution in [2.75, 3.05) is 19.6 Å². The Morgan fingerprint density at radius 3 is 2.88 bits per heavy atom. The first-order valence-electron chi connectivity index (χ1n) is 11.6. The van der Waals surface area contributed by atoms with Crippen molar-refractivity contribution in [2.45, 2.75) is 45.6 Å². The summed E-state index contributed by atoms with van der Waals surface area (Å²) in [6.07, 6.45) is 3.61. The Balaban J connectivity index is 1.44. The zero-order valence-corrected chi connectivity index (χ0v) is 19.7. The van der Waals surface area contributed by atoms with Gasteiger partial charge in [0.15, 0.2) is 5.82 Å². The highest BCUT2D eigenvalue weighted by molar-refractivity contribution is 6.28. The first-order valence-corrected chi connectivity index (χ1v) is 12.0. The van der Waals surface area contributed by atoms with Crippen LogP contribution in [0.4, 0.5) is 4.39 Å². The van der Waals surface area contributed by atoms with Crippen LogP contribution in [0.5, 0.6) is 11.8 Å². The molecule has 0 aromatic carbocycles. The van der Waals surface area contributed by atoms with Crippen LogP contribution in [0.2, 0.25) is 5.28 Å². The van der Waals surface area contributed by atoms with E-state index in [1.807, 2.05) is 6.92 Å². The molecule has 1 atom stereocenters. The lowest BCUT2D eigenvalue weighted by molar-refractivity contribution is 0.0940. The molecule has 1 amide bonds. The second-order valence-electron chi connectivity index (χ2n) is 9.10. The Morgan fingerprint density at radius 1 is 1.21 bits per heavy atom. The van der Waals surface area contributed by atoms with E-state index in [-0.39, 0.29) is 28.9 Å². The molecule has 0 radical (unpaired) electrons. The number of nitrogens with one attached hydrogen (secondary N) is 2. The van der Waals surface area contributed by atoms with E-state index < -0.39 is 5.82 Å². The maximum Gasteiger partial charge on any atom is 0.258 e. The van der Waals surface area contributed by atoms with Crippen molar-refractivity contribution in [2.24, 2.45) is 0 Å². The lowest BCUT2D eigenvalue weighted by atomic mass is 9.87. The molecule has 3 aromatic rings. The molecule has 10 heteroatoms. The van der Waals surface area contributed by atoms with Gasteiger partial charge < -0.3 is 15.0 Å². The van der Waals surface area contributed by atoms with Gasteiger partial charge in [0.05, 0.1) is 22.5 Å². The number of amides is 1. The smallest absolute Gasteiger partial charge is 0.258 e. The number of carbonyl (C=O) groups is 1. The zero-order valence-electron chi connectivity index (χ0n) is 19.0. The fourth-order valence-corrected chi connectivity index (χ4v) is 5.42. The number of halogens is 2. The topological polar surface area (TPSA) is 96.0 Å². The normalized spacial score (nSPS) is 19.1. The van der Waals surface area contributed by atoms with E-state index in [1.54, 1.807) is 6.20 Å². The molecule has 0 bridgehead atoms. The first-order chi connectivity index (χ1) is 16.4. The van der Waals surface area contributed by atoms with Crippen LogP contribution in [-0.4, -0.2) is 50.4 Å². The zero-order chi connectivity index (χ0) is 23.6. The maximum absolute atomic E-state index is 16.0. The molecule has 6 rings (SSSR count). The summed E-state index contributed by atoms with van der Waals surface area (Å²) in [5.41, 5.74) is 5.80. The fourth-order valence-electron chi connectivity index (χ4n) is 5.24. The van der Waals surface area contributed by atoms with Crippen molar-refractivity contribution in [3.05, 3.63) is 50.9 Å². The van der Waals surface area contributed by atoms with Gasteiger partial charge in [-0.05, 0) is 42.1 Å². The van der Waals surface area contributed by atoms with Crippen LogP contribution in [0.3, 0.4) is 0 Å². The molecular formula is C24H24ClFN6O2. The van der Waals surface area contributed by atoms with Crippen LogP contribution in [-0.2, 0) is 25.8 Å². The van der Waals surface area contributed by atoms with E-state index in [0.29, 0.717) is 42.8 Å². The van der Waals surface area contributed by atoms with Crippen molar-refractivity contribution in [3.8, 4) is 23.0 Å². The van der Waals surface area contributed by atoms with E-state index in [4.69, 9.17) is 16.3 Å². The van der Waals surface area contributed by atoms with Crippen LogP contribution in [0.25, 0.3) is 11.3 Å². The Bertz CT molecular complexity index is 1340. The van der Waals surface area contributed by atoms with E-state index in [1.165, 1.54) is 0 Å². The van der Waals surface area contributed by atoms with Gasteiger partial charge in [0.1, 0.15) is 0 Å². The molecule has 3 aliphatic rings. The lowest BCUT2D eigenvalue weighted by Gasteiger charge is -2.27. The minimum Gasteiger partial charge on any atom is -0.417 e. The molecule has 176 valence electrons. The highest BCUT2D eigenvalue weighted by Gasteiger charge is 2.35. The number of aromatic amines is 1. The summed E-state index contributed by atoms with van der Waals surface area (Å²) in [5, 5.41) is 3.00. The fraction of sp³-hybridized carbons (Fsp3) is 0.417. The number of carbonyl (C=O) groups excluding carboxylic acids is 1.